The lowest BCUT2D eigenvalue weighted by Gasteiger charge is -2.35. The highest BCUT2D eigenvalue weighted by molar-refractivity contribution is 7.26. The summed E-state index contributed by atoms with van der Waals surface area (Å²) in [4.78, 5) is 4.96. The van der Waals surface area contributed by atoms with Crippen molar-refractivity contribution in [3.63, 3.8) is 0 Å². The molecule has 1 atom stereocenters. The molecule has 0 spiro atoms. The molecule has 2 aliphatic carbocycles. The largest absolute Gasteiger partial charge is 0.310 e. The lowest BCUT2D eigenvalue weighted by Crippen LogP contribution is -2.29. The number of hydrogen-bond donors (Lipinski definition) is 0. The van der Waals surface area contributed by atoms with Gasteiger partial charge in [-0.1, -0.05) is 376 Å². The Hall–Kier alpha value is -14.8. The van der Waals surface area contributed by atoms with E-state index >= 15 is 0 Å². The van der Waals surface area contributed by atoms with Crippen molar-refractivity contribution >= 4 is 97.1 Å². The fraction of sp³-hybridized carbons (Fsp3) is 0.0172. The summed E-state index contributed by atoms with van der Waals surface area (Å²) in [6, 6.07) is 172. The predicted molar refractivity (Wildman–Crippen MR) is 509 cm³/mol. The summed E-state index contributed by atoms with van der Waals surface area (Å²) in [6.45, 7) is 0. The first kappa shape index (κ1) is 70.6. The van der Waals surface area contributed by atoms with Crippen LogP contribution in [0.4, 0.5) is 34.1 Å². The fourth-order valence-electron chi connectivity index (χ4n) is 19.8. The van der Waals surface area contributed by atoms with Gasteiger partial charge in [0.25, 0.3) is 0 Å². The molecule has 0 N–H and O–H groups in total. The molecule has 2 aromatic heterocycles. The van der Waals surface area contributed by atoms with E-state index in [0.717, 1.165) is 61.9 Å². The molecule has 0 radical (unpaired) electrons. The molecule has 19 aromatic carbocycles. The normalized spacial score (nSPS) is 13.6. The maximum absolute atomic E-state index is 2.50. The van der Waals surface area contributed by atoms with E-state index < -0.39 is 10.8 Å². The SMILES string of the molecule is c1ccc(-c2ccc(-c3ccc(N(c4ccc(-c5cccc6c5sc5ccccc56)cc4)c4ccc5c(c4)C(c4ccccc4)(c4cccc(-c6ccc(-c7ccccc7N(c7ccc(-c8cccc9c8sc8ccccc89)cc7)c7ccc8c(c7)C(c7ccccc7)(c7ccccc7)c7ccccc7-8)cc6)c4)c4ccccc4-5)cc3)cc2)cc1. The minimum Gasteiger partial charge on any atom is -0.310 e. The zero-order chi connectivity index (χ0) is 79.2. The van der Waals surface area contributed by atoms with Crippen LogP contribution in [0.25, 0.3) is 129 Å². The first-order valence-corrected chi connectivity index (χ1v) is 43.0. The second-order valence-electron chi connectivity index (χ2n) is 31.6. The molecule has 23 rings (SSSR count). The summed E-state index contributed by atoms with van der Waals surface area (Å²) in [5, 5.41) is 5.19. The van der Waals surface area contributed by atoms with Crippen molar-refractivity contribution in [1.29, 1.82) is 0 Å². The van der Waals surface area contributed by atoms with E-state index in [4.69, 9.17) is 0 Å². The molecule has 21 aromatic rings. The van der Waals surface area contributed by atoms with Crippen LogP contribution in [-0.2, 0) is 10.8 Å². The standard InChI is InChI=1S/C116H76N2S2/c1-5-26-77(27-6-1)78-50-52-79(53-51-78)80-58-64-90(65-59-80)117(91-66-60-83(61-67-91)96-41-24-43-104-102-39-16-21-48-111(102)119-113(96)104)93-70-72-101-99-38-14-19-46-107(99)116(109(101)75-93,88-33-11-4-12-34-88)89-35-23-28-85(74-89)81-54-56-82(57-55-81)95-36-15-20-47-110(95)118(92-68-62-84(63-69-92)97-42-25-44-105-103-40-17-22-49-112(103)120-114(97)105)94-71-73-100-98-37-13-18-45-106(98)115(108(100)76-94,86-29-7-2-8-30-86)87-31-9-3-10-32-87/h1-76H. The Kier molecular flexibility index (Phi) is 17.1. The van der Waals surface area contributed by atoms with Gasteiger partial charge in [0.1, 0.15) is 0 Å². The van der Waals surface area contributed by atoms with Crippen molar-refractivity contribution in [2.24, 2.45) is 0 Å². The Morgan fingerprint density at radius 2 is 0.467 bits per heavy atom. The Morgan fingerprint density at radius 1 is 0.167 bits per heavy atom. The van der Waals surface area contributed by atoms with Gasteiger partial charge in [-0.3, -0.25) is 0 Å². The summed E-state index contributed by atoms with van der Waals surface area (Å²) >= 11 is 3.75. The lowest BCUT2D eigenvalue weighted by atomic mass is 9.67. The summed E-state index contributed by atoms with van der Waals surface area (Å²) in [5.41, 5.74) is 34.0. The molecular formula is C116H76N2S2. The number of nitrogens with zero attached hydrogens (tertiary/aromatic N) is 2. The van der Waals surface area contributed by atoms with Crippen LogP contribution in [0, 0.1) is 0 Å². The molecule has 2 nitrogen and oxygen atoms in total. The molecule has 562 valence electrons. The third-order valence-corrected chi connectivity index (χ3v) is 27.7. The van der Waals surface area contributed by atoms with E-state index in [0.29, 0.717) is 0 Å². The van der Waals surface area contributed by atoms with Crippen LogP contribution in [0.5, 0.6) is 0 Å². The predicted octanol–water partition coefficient (Wildman–Crippen LogP) is 32.1. The van der Waals surface area contributed by atoms with Crippen LogP contribution in [0.15, 0.2) is 461 Å². The minimum absolute atomic E-state index is 0.594. The van der Waals surface area contributed by atoms with Gasteiger partial charge in [-0.25, -0.2) is 0 Å². The molecule has 1 unspecified atom stereocenters. The molecule has 0 bridgehead atoms. The molecule has 0 amide bonds. The van der Waals surface area contributed by atoms with Gasteiger partial charge < -0.3 is 9.80 Å². The van der Waals surface area contributed by atoms with Crippen molar-refractivity contribution in [3.05, 3.63) is 506 Å². The van der Waals surface area contributed by atoms with Crippen LogP contribution in [0.3, 0.4) is 0 Å². The molecular weight excluding hydrogens is 1490 g/mol. The quantitative estimate of drug-likeness (QED) is 0.0951. The fourth-order valence-corrected chi connectivity index (χ4v) is 22.3. The molecule has 0 saturated heterocycles. The molecule has 0 aliphatic heterocycles. The van der Waals surface area contributed by atoms with Crippen LogP contribution < -0.4 is 9.80 Å². The number of rotatable bonds is 16. The van der Waals surface area contributed by atoms with Gasteiger partial charge in [-0.2, -0.15) is 0 Å². The second-order valence-corrected chi connectivity index (χ2v) is 33.7. The minimum atomic E-state index is -0.720. The van der Waals surface area contributed by atoms with E-state index in [1.54, 1.807) is 0 Å². The van der Waals surface area contributed by atoms with Crippen LogP contribution in [0.2, 0.25) is 0 Å². The van der Waals surface area contributed by atoms with E-state index in [9.17, 15) is 0 Å². The number of anilines is 6. The maximum atomic E-state index is 2.50. The van der Waals surface area contributed by atoms with Crippen molar-refractivity contribution in [2.45, 2.75) is 10.8 Å². The second kappa shape index (κ2) is 29.1. The molecule has 120 heavy (non-hydrogen) atoms. The van der Waals surface area contributed by atoms with Gasteiger partial charge in [-0.05, 0) is 213 Å². The maximum Gasteiger partial charge on any atom is 0.0714 e. The Labute approximate surface area is 707 Å². The molecule has 4 heteroatoms. The highest BCUT2D eigenvalue weighted by Crippen LogP contribution is 2.60. The Balaban J connectivity index is 0.643. The van der Waals surface area contributed by atoms with Gasteiger partial charge in [-0.15, -0.1) is 22.7 Å². The first-order chi connectivity index (χ1) is 59.5. The highest BCUT2D eigenvalue weighted by Gasteiger charge is 2.48. The van der Waals surface area contributed by atoms with Gasteiger partial charge >= 0.3 is 0 Å². The van der Waals surface area contributed by atoms with Crippen LogP contribution >= 0.6 is 22.7 Å². The topological polar surface area (TPSA) is 6.48 Å². The Bertz CT molecular complexity index is 7440. The number of hydrogen-bond acceptors (Lipinski definition) is 4. The molecule has 2 aliphatic rings. The van der Waals surface area contributed by atoms with Crippen LogP contribution in [0.1, 0.15) is 44.5 Å². The monoisotopic (exact) mass is 1560 g/mol. The van der Waals surface area contributed by atoms with E-state index in [1.165, 1.54) is 146 Å². The molecule has 0 fully saturated rings. The number of fused-ring (bicyclic) bond motifs is 12. The van der Waals surface area contributed by atoms with Crippen molar-refractivity contribution in [3.8, 4) is 89.0 Å². The summed E-state index contributed by atoms with van der Waals surface area (Å²) in [7, 11) is 0. The zero-order valence-corrected chi connectivity index (χ0v) is 67.2. The third kappa shape index (κ3) is 11.5. The van der Waals surface area contributed by atoms with Gasteiger partial charge in [0, 0.05) is 74.3 Å². The number of benzene rings is 19. The van der Waals surface area contributed by atoms with Gasteiger partial charge in [0.05, 0.1) is 16.5 Å². The average molecular weight is 1560 g/mol. The Morgan fingerprint density at radius 3 is 0.958 bits per heavy atom. The summed E-state index contributed by atoms with van der Waals surface area (Å²) in [5.74, 6) is 0. The van der Waals surface area contributed by atoms with Crippen molar-refractivity contribution < 1.29 is 0 Å². The number of thiophene rings is 2. The van der Waals surface area contributed by atoms with Gasteiger partial charge in [0.15, 0.2) is 0 Å². The molecule has 2 heterocycles. The lowest BCUT2D eigenvalue weighted by molar-refractivity contribution is 0.768. The highest BCUT2D eigenvalue weighted by atomic mass is 32.1. The third-order valence-electron chi connectivity index (χ3n) is 25.3. The smallest absolute Gasteiger partial charge is 0.0714 e. The zero-order valence-electron chi connectivity index (χ0n) is 65.6. The van der Waals surface area contributed by atoms with Gasteiger partial charge in [0.2, 0.25) is 0 Å². The number of para-hydroxylation sites is 1. The average Bonchev–Trinajstić information content (AvgIpc) is 1.53. The summed E-state index contributed by atoms with van der Waals surface area (Å²) < 4.78 is 5.21. The van der Waals surface area contributed by atoms with Crippen LogP contribution in [-0.4, -0.2) is 0 Å². The van der Waals surface area contributed by atoms with Crippen molar-refractivity contribution in [2.75, 3.05) is 9.80 Å². The van der Waals surface area contributed by atoms with E-state index in [2.05, 4.69) is 471 Å². The first-order valence-electron chi connectivity index (χ1n) is 41.3. The summed E-state index contributed by atoms with van der Waals surface area (Å²) in [6.07, 6.45) is 0. The molecule has 0 saturated carbocycles. The van der Waals surface area contributed by atoms with E-state index in [-0.39, 0.29) is 0 Å². The van der Waals surface area contributed by atoms with E-state index in [1.807, 2.05) is 22.7 Å². The van der Waals surface area contributed by atoms with Crippen molar-refractivity contribution in [1.82, 2.24) is 0 Å².